The smallest absolute Gasteiger partial charge is 0.252 e. The van der Waals surface area contributed by atoms with Crippen LogP contribution in [-0.2, 0) is 17.8 Å². The minimum Gasteiger partial charge on any atom is -0.467 e. The van der Waals surface area contributed by atoms with Crippen LogP contribution in [0, 0.1) is 0 Å². The van der Waals surface area contributed by atoms with Crippen molar-refractivity contribution in [2.45, 2.75) is 19.0 Å². The maximum absolute atomic E-state index is 12.1. The van der Waals surface area contributed by atoms with Gasteiger partial charge in [0.15, 0.2) is 0 Å². The summed E-state index contributed by atoms with van der Waals surface area (Å²) in [4.78, 5) is 24.0. The van der Waals surface area contributed by atoms with Crippen molar-refractivity contribution in [1.29, 1.82) is 0 Å². The summed E-state index contributed by atoms with van der Waals surface area (Å²) in [6.45, 7) is 0.319. The number of hydrogen-bond acceptors (Lipinski definition) is 3. The Hall–Kier alpha value is -2.56. The first-order valence-corrected chi connectivity index (χ1v) is 6.43. The van der Waals surface area contributed by atoms with Crippen molar-refractivity contribution in [2.75, 3.05) is 0 Å². The highest BCUT2D eigenvalue weighted by atomic mass is 16.3. The van der Waals surface area contributed by atoms with Gasteiger partial charge in [0.25, 0.3) is 5.91 Å². The van der Waals surface area contributed by atoms with Gasteiger partial charge in [-0.2, -0.15) is 0 Å². The fraction of sp³-hybridized carbons (Fsp3) is 0.200. The SMILES string of the molecule is O=C1N[C@H](C(=O)NCc2ccco2)Cc2ccccc21. The van der Waals surface area contributed by atoms with E-state index in [0.717, 1.165) is 5.56 Å². The van der Waals surface area contributed by atoms with Gasteiger partial charge in [-0.1, -0.05) is 18.2 Å². The Bertz CT molecular complexity index is 634. The Morgan fingerprint density at radius 1 is 1.30 bits per heavy atom. The minimum absolute atomic E-state index is 0.204. The number of rotatable bonds is 3. The monoisotopic (exact) mass is 270 g/mol. The quantitative estimate of drug-likeness (QED) is 0.881. The van der Waals surface area contributed by atoms with Crippen LogP contribution in [0.25, 0.3) is 0 Å². The average Bonchev–Trinajstić information content (AvgIpc) is 2.98. The van der Waals surface area contributed by atoms with Crippen LogP contribution in [0.2, 0.25) is 0 Å². The molecule has 2 amide bonds. The zero-order chi connectivity index (χ0) is 13.9. The summed E-state index contributed by atoms with van der Waals surface area (Å²) in [7, 11) is 0. The second kappa shape index (κ2) is 5.21. The summed E-state index contributed by atoms with van der Waals surface area (Å²) in [5.74, 6) is 0.273. The highest BCUT2D eigenvalue weighted by Gasteiger charge is 2.28. The molecule has 0 saturated heterocycles. The maximum Gasteiger partial charge on any atom is 0.252 e. The molecule has 2 heterocycles. The minimum atomic E-state index is -0.535. The molecule has 2 N–H and O–H groups in total. The standard InChI is InChI=1S/C15H14N2O3/c18-14-12-6-2-1-4-10(12)8-13(17-14)15(19)16-9-11-5-3-7-20-11/h1-7,13H,8-9H2,(H,16,19)(H,17,18)/t13-/m0/s1. The molecule has 20 heavy (non-hydrogen) atoms. The number of fused-ring (bicyclic) bond motifs is 1. The van der Waals surface area contributed by atoms with E-state index in [1.165, 1.54) is 0 Å². The van der Waals surface area contributed by atoms with Gasteiger partial charge < -0.3 is 15.1 Å². The van der Waals surface area contributed by atoms with Crippen molar-refractivity contribution in [1.82, 2.24) is 10.6 Å². The number of carbonyl (C=O) groups excluding carboxylic acids is 2. The molecule has 0 spiro atoms. The molecular weight excluding hydrogens is 256 g/mol. The van der Waals surface area contributed by atoms with Crippen LogP contribution in [0.3, 0.4) is 0 Å². The first kappa shape index (κ1) is 12.5. The van der Waals surface area contributed by atoms with Crippen molar-refractivity contribution in [3.8, 4) is 0 Å². The molecule has 0 saturated carbocycles. The Kier molecular flexibility index (Phi) is 3.25. The van der Waals surface area contributed by atoms with Gasteiger partial charge >= 0.3 is 0 Å². The maximum atomic E-state index is 12.1. The summed E-state index contributed by atoms with van der Waals surface area (Å²) < 4.78 is 5.15. The lowest BCUT2D eigenvalue weighted by Crippen LogP contribution is -2.50. The normalized spacial score (nSPS) is 17.2. The largest absolute Gasteiger partial charge is 0.467 e. The molecule has 0 unspecified atom stereocenters. The summed E-state index contributed by atoms with van der Waals surface area (Å²) in [6.07, 6.45) is 2.06. The van der Waals surface area contributed by atoms with Crippen LogP contribution >= 0.6 is 0 Å². The van der Waals surface area contributed by atoms with Gasteiger partial charge in [0.1, 0.15) is 11.8 Å². The highest BCUT2D eigenvalue weighted by Crippen LogP contribution is 2.16. The predicted molar refractivity (Wildman–Crippen MR) is 72.0 cm³/mol. The van der Waals surface area contributed by atoms with E-state index in [2.05, 4.69) is 10.6 Å². The van der Waals surface area contributed by atoms with Crippen molar-refractivity contribution >= 4 is 11.8 Å². The average molecular weight is 270 g/mol. The van der Waals surface area contributed by atoms with Gasteiger partial charge in [-0.15, -0.1) is 0 Å². The molecule has 0 bridgehead atoms. The lowest BCUT2D eigenvalue weighted by Gasteiger charge is -2.24. The van der Waals surface area contributed by atoms with E-state index < -0.39 is 6.04 Å². The third-order valence-electron chi connectivity index (χ3n) is 3.32. The Balaban J connectivity index is 1.67. The molecule has 1 aliphatic rings. The fourth-order valence-electron chi connectivity index (χ4n) is 2.30. The Morgan fingerprint density at radius 3 is 2.95 bits per heavy atom. The van der Waals surface area contributed by atoms with Crippen LogP contribution in [0.5, 0.6) is 0 Å². The number of hydrogen-bond donors (Lipinski definition) is 2. The first-order chi connectivity index (χ1) is 9.74. The molecular formula is C15H14N2O3. The zero-order valence-electron chi connectivity index (χ0n) is 10.8. The van der Waals surface area contributed by atoms with Gasteiger partial charge in [-0.3, -0.25) is 9.59 Å². The molecule has 3 rings (SSSR count). The Morgan fingerprint density at radius 2 is 2.15 bits per heavy atom. The van der Waals surface area contributed by atoms with Crippen LogP contribution in [0.1, 0.15) is 21.7 Å². The Labute approximate surface area is 116 Å². The molecule has 1 aromatic heterocycles. The number of amides is 2. The van der Waals surface area contributed by atoms with Crippen LogP contribution in [0.15, 0.2) is 47.1 Å². The second-order valence-corrected chi connectivity index (χ2v) is 4.68. The lowest BCUT2D eigenvalue weighted by atomic mass is 9.95. The van der Waals surface area contributed by atoms with E-state index >= 15 is 0 Å². The van der Waals surface area contributed by atoms with Gasteiger partial charge in [-0.05, 0) is 23.8 Å². The van der Waals surface area contributed by atoms with E-state index in [-0.39, 0.29) is 11.8 Å². The van der Waals surface area contributed by atoms with Gasteiger partial charge in [0, 0.05) is 12.0 Å². The molecule has 0 aliphatic carbocycles. The fourth-order valence-corrected chi connectivity index (χ4v) is 2.30. The molecule has 102 valence electrons. The highest BCUT2D eigenvalue weighted by molar-refractivity contribution is 6.00. The first-order valence-electron chi connectivity index (χ1n) is 6.43. The van der Waals surface area contributed by atoms with Crippen molar-refractivity contribution in [3.63, 3.8) is 0 Å². The number of furan rings is 1. The topological polar surface area (TPSA) is 71.3 Å². The van der Waals surface area contributed by atoms with Crippen molar-refractivity contribution < 1.29 is 14.0 Å². The molecule has 0 radical (unpaired) electrons. The van der Waals surface area contributed by atoms with Crippen LogP contribution in [-0.4, -0.2) is 17.9 Å². The van der Waals surface area contributed by atoms with Crippen molar-refractivity contribution in [2.24, 2.45) is 0 Å². The summed E-state index contributed by atoms with van der Waals surface area (Å²) >= 11 is 0. The van der Waals surface area contributed by atoms with E-state index in [1.807, 2.05) is 18.2 Å². The molecule has 2 aromatic rings. The van der Waals surface area contributed by atoms with E-state index in [1.54, 1.807) is 24.5 Å². The molecule has 0 fully saturated rings. The number of benzene rings is 1. The number of carbonyl (C=O) groups is 2. The van der Waals surface area contributed by atoms with E-state index in [4.69, 9.17) is 4.42 Å². The lowest BCUT2D eigenvalue weighted by molar-refractivity contribution is -0.123. The summed E-state index contributed by atoms with van der Waals surface area (Å²) in [5, 5.41) is 5.48. The molecule has 1 aromatic carbocycles. The molecule has 5 heteroatoms. The second-order valence-electron chi connectivity index (χ2n) is 4.68. The summed E-state index contributed by atoms with van der Waals surface area (Å²) in [6, 6.07) is 10.3. The number of nitrogens with one attached hydrogen (secondary N) is 2. The third kappa shape index (κ3) is 2.42. The molecule has 1 atom stereocenters. The zero-order valence-corrected chi connectivity index (χ0v) is 10.8. The van der Waals surface area contributed by atoms with E-state index in [9.17, 15) is 9.59 Å². The third-order valence-corrected chi connectivity index (χ3v) is 3.32. The predicted octanol–water partition coefficient (Wildman–Crippen LogP) is 1.25. The molecule has 5 nitrogen and oxygen atoms in total. The van der Waals surface area contributed by atoms with Crippen LogP contribution < -0.4 is 10.6 Å². The van der Waals surface area contributed by atoms with Crippen molar-refractivity contribution in [3.05, 3.63) is 59.5 Å². The van der Waals surface area contributed by atoms with Gasteiger partial charge in [0.2, 0.25) is 5.91 Å². The summed E-state index contributed by atoms with van der Waals surface area (Å²) in [5.41, 5.74) is 1.54. The van der Waals surface area contributed by atoms with Gasteiger partial charge in [-0.25, -0.2) is 0 Å². The van der Waals surface area contributed by atoms with Crippen LogP contribution in [0.4, 0.5) is 0 Å². The molecule has 1 aliphatic heterocycles. The van der Waals surface area contributed by atoms with E-state index in [0.29, 0.717) is 24.3 Å². The van der Waals surface area contributed by atoms with Gasteiger partial charge in [0.05, 0.1) is 12.8 Å².